The highest BCUT2D eigenvalue weighted by molar-refractivity contribution is 9.09. The zero-order chi connectivity index (χ0) is 10.6. The number of rotatable bonds is 5. The van der Waals surface area contributed by atoms with Crippen molar-refractivity contribution in [1.82, 2.24) is 0 Å². The number of thioether (sulfide) groups is 1. The molecule has 1 rings (SSSR count). The third-order valence-corrected chi connectivity index (χ3v) is 6.58. The van der Waals surface area contributed by atoms with E-state index in [0.717, 1.165) is 11.2 Å². The molecule has 0 aromatic carbocycles. The molecule has 0 bridgehead atoms. The van der Waals surface area contributed by atoms with Crippen LogP contribution in [0.3, 0.4) is 0 Å². The van der Waals surface area contributed by atoms with Crippen LogP contribution in [-0.4, -0.2) is 16.3 Å². The van der Waals surface area contributed by atoms with E-state index < -0.39 is 0 Å². The lowest BCUT2D eigenvalue weighted by Gasteiger charge is -2.28. The highest BCUT2D eigenvalue weighted by atomic mass is 79.9. The van der Waals surface area contributed by atoms with Crippen molar-refractivity contribution in [1.29, 1.82) is 0 Å². The SMILES string of the molecule is CC(C)C(C)SCC1(CBr)CCCC1. The fourth-order valence-electron chi connectivity index (χ4n) is 1.94. The first-order valence-corrected chi connectivity index (χ1v) is 7.94. The summed E-state index contributed by atoms with van der Waals surface area (Å²) in [6, 6.07) is 0. The Morgan fingerprint density at radius 1 is 1.21 bits per heavy atom. The molecule has 0 N–H and O–H groups in total. The second-order valence-electron chi connectivity index (χ2n) is 5.10. The summed E-state index contributed by atoms with van der Waals surface area (Å²) in [6.07, 6.45) is 5.77. The molecule has 0 spiro atoms. The molecular weight excluding hydrogens is 256 g/mol. The first kappa shape index (κ1) is 12.9. The van der Waals surface area contributed by atoms with Gasteiger partial charge in [-0.05, 0) is 29.9 Å². The molecule has 0 heterocycles. The van der Waals surface area contributed by atoms with Gasteiger partial charge in [0.05, 0.1) is 0 Å². The van der Waals surface area contributed by atoms with Crippen LogP contribution in [0.15, 0.2) is 0 Å². The molecule has 0 amide bonds. The molecule has 1 aliphatic rings. The maximum Gasteiger partial charge on any atom is 0.00958 e. The molecule has 1 unspecified atom stereocenters. The first-order valence-electron chi connectivity index (χ1n) is 5.77. The van der Waals surface area contributed by atoms with Crippen molar-refractivity contribution >= 4 is 27.7 Å². The highest BCUT2D eigenvalue weighted by Gasteiger charge is 2.33. The van der Waals surface area contributed by atoms with E-state index in [0.29, 0.717) is 5.41 Å². The molecule has 1 atom stereocenters. The second kappa shape index (κ2) is 5.79. The topological polar surface area (TPSA) is 0 Å². The van der Waals surface area contributed by atoms with Gasteiger partial charge in [-0.2, -0.15) is 11.8 Å². The van der Waals surface area contributed by atoms with Crippen LogP contribution >= 0.6 is 27.7 Å². The fourth-order valence-corrected chi connectivity index (χ4v) is 4.36. The first-order chi connectivity index (χ1) is 6.59. The Kier molecular flexibility index (Phi) is 5.33. The summed E-state index contributed by atoms with van der Waals surface area (Å²) in [4.78, 5) is 0. The van der Waals surface area contributed by atoms with Gasteiger partial charge in [-0.15, -0.1) is 0 Å². The van der Waals surface area contributed by atoms with E-state index in [9.17, 15) is 0 Å². The molecule has 0 aromatic rings. The van der Waals surface area contributed by atoms with Crippen LogP contribution in [0.25, 0.3) is 0 Å². The molecule has 1 fully saturated rings. The van der Waals surface area contributed by atoms with E-state index in [1.165, 1.54) is 36.8 Å². The maximum atomic E-state index is 3.71. The summed E-state index contributed by atoms with van der Waals surface area (Å²) in [5.74, 6) is 2.17. The van der Waals surface area contributed by atoms with Crippen LogP contribution in [0.5, 0.6) is 0 Å². The van der Waals surface area contributed by atoms with E-state index in [1.807, 2.05) is 0 Å². The Bertz CT molecular complexity index is 162. The summed E-state index contributed by atoms with van der Waals surface area (Å²) in [5.41, 5.74) is 0.633. The Balaban J connectivity index is 2.34. The standard InChI is InChI=1S/C12H23BrS/c1-10(2)11(3)14-9-12(8-13)6-4-5-7-12/h10-11H,4-9H2,1-3H3. The second-order valence-corrected chi connectivity index (χ2v) is 7.03. The summed E-state index contributed by atoms with van der Waals surface area (Å²) >= 11 is 5.88. The fraction of sp³-hybridized carbons (Fsp3) is 1.00. The molecule has 1 saturated carbocycles. The van der Waals surface area contributed by atoms with Crippen LogP contribution in [0.2, 0.25) is 0 Å². The van der Waals surface area contributed by atoms with E-state index in [1.54, 1.807) is 0 Å². The van der Waals surface area contributed by atoms with Gasteiger partial charge in [0, 0.05) is 10.6 Å². The van der Waals surface area contributed by atoms with Gasteiger partial charge in [0.1, 0.15) is 0 Å². The predicted octanol–water partition coefficient (Wildman–Crippen LogP) is 4.72. The molecular formula is C12H23BrS. The van der Waals surface area contributed by atoms with Crippen molar-refractivity contribution in [3.05, 3.63) is 0 Å². The van der Waals surface area contributed by atoms with Crippen molar-refractivity contribution in [2.75, 3.05) is 11.1 Å². The minimum Gasteiger partial charge on any atom is -0.158 e. The molecule has 0 nitrogen and oxygen atoms in total. The lowest BCUT2D eigenvalue weighted by atomic mass is 9.92. The van der Waals surface area contributed by atoms with Crippen LogP contribution in [0.1, 0.15) is 46.5 Å². The van der Waals surface area contributed by atoms with Gasteiger partial charge in [-0.25, -0.2) is 0 Å². The zero-order valence-electron chi connectivity index (χ0n) is 9.68. The third kappa shape index (κ3) is 3.44. The molecule has 0 saturated heterocycles. The Hall–Kier alpha value is 0.830. The van der Waals surface area contributed by atoms with Crippen LogP contribution < -0.4 is 0 Å². The van der Waals surface area contributed by atoms with Gasteiger partial charge >= 0.3 is 0 Å². The summed E-state index contributed by atoms with van der Waals surface area (Å²) in [6.45, 7) is 7.02. The number of alkyl halides is 1. The maximum absolute atomic E-state index is 3.71. The zero-order valence-corrected chi connectivity index (χ0v) is 12.1. The predicted molar refractivity (Wildman–Crippen MR) is 71.5 cm³/mol. The average Bonchev–Trinajstić information content (AvgIpc) is 2.63. The largest absolute Gasteiger partial charge is 0.158 e. The van der Waals surface area contributed by atoms with Gasteiger partial charge < -0.3 is 0 Å². The Morgan fingerprint density at radius 3 is 2.21 bits per heavy atom. The van der Waals surface area contributed by atoms with Crippen molar-refractivity contribution in [2.24, 2.45) is 11.3 Å². The van der Waals surface area contributed by atoms with Gasteiger partial charge in [-0.1, -0.05) is 49.5 Å². The summed E-state index contributed by atoms with van der Waals surface area (Å²) < 4.78 is 0. The van der Waals surface area contributed by atoms with E-state index in [2.05, 4.69) is 48.5 Å². The van der Waals surface area contributed by atoms with Crippen molar-refractivity contribution in [3.8, 4) is 0 Å². The molecule has 2 heteroatoms. The Labute approximate surface area is 102 Å². The normalized spacial score (nSPS) is 22.9. The van der Waals surface area contributed by atoms with Gasteiger partial charge in [-0.3, -0.25) is 0 Å². The molecule has 14 heavy (non-hydrogen) atoms. The average molecular weight is 279 g/mol. The van der Waals surface area contributed by atoms with Gasteiger partial charge in [0.25, 0.3) is 0 Å². The number of hydrogen-bond acceptors (Lipinski definition) is 1. The van der Waals surface area contributed by atoms with Gasteiger partial charge in [0.2, 0.25) is 0 Å². The van der Waals surface area contributed by atoms with Gasteiger partial charge in [0.15, 0.2) is 0 Å². The van der Waals surface area contributed by atoms with Crippen molar-refractivity contribution in [3.63, 3.8) is 0 Å². The lowest BCUT2D eigenvalue weighted by molar-refractivity contribution is 0.404. The molecule has 0 aliphatic heterocycles. The molecule has 1 aliphatic carbocycles. The smallest absolute Gasteiger partial charge is 0.00958 e. The Morgan fingerprint density at radius 2 is 1.79 bits per heavy atom. The highest BCUT2D eigenvalue weighted by Crippen LogP contribution is 2.43. The van der Waals surface area contributed by atoms with E-state index >= 15 is 0 Å². The monoisotopic (exact) mass is 278 g/mol. The molecule has 0 radical (unpaired) electrons. The van der Waals surface area contributed by atoms with Crippen LogP contribution in [-0.2, 0) is 0 Å². The summed E-state index contributed by atoms with van der Waals surface area (Å²) in [5, 5.41) is 2.02. The lowest BCUT2D eigenvalue weighted by Crippen LogP contribution is -2.23. The minimum atomic E-state index is 0.633. The van der Waals surface area contributed by atoms with Crippen LogP contribution in [0, 0.1) is 11.3 Å². The van der Waals surface area contributed by atoms with Crippen molar-refractivity contribution < 1.29 is 0 Å². The third-order valence-electron chi connectivity index (χ3n) is 3.54. The van der Waals surface area contributed by atoms with E-state index in [-0.39, 0.29) is 0 Å². The summed E-state index contributed by atoms with van der Waals surface area (Å²) in [7, 11) is 0. The van der Waals surface area contributed by atoms with E-state index in [4.69, 9.17) is 0 Å². The molecule has 84 valence electrons. The van der Waals surface area contributed by atoms with Crippen molar-refractivity contribution in [2.45, 2.75) is 51.7 Å². The molecule has 0 aromatic heterocycles. The quantitative estimate of drug-likeness (QED) is 0.656. The van der Waals surface area contributed by atoms with Crippen LogP contribution in [0.4, 0.5) is 0 Å². The number of hydrogen-bond donors (Lipinski definition) is 0. The number of halogens is 1. The minimum absolute atomic E-state index is 0.633.